The average molecular weight is 254 g/mol. The van der Waals surface area contributed by atoms with Crippen molar-refractivity contribution < 1.29 is 9.90 Å². The van der Waals surface area contributed by atoms with Crippen LogP contribution >= 0.6 is 0 Å². The number of carbonyl (C=O) groups excluding carboxylic acids is 1. The fraction of sp³-hybridized carbons (Fsp3) is 0.353. The van der Waals surface area contributed by atoms with Gasteiger partial charge in [-0.15, -0.1) is 0 Å². The van der Waals surface area contributed by atoms with E-state index in [9.17, 15) is 9.90 Å². The Morgan fingerprint density at radius 3 is 2.42 bits per heavy atom. The third-order valence-corrected chi connectivity index (χ3v) is 4.14. The van der Waals surface area contributed by atoms with Gasteiger partial charge >= 0.3 is 0 Å². The molecule has 1 aliphatic rings. The summed E-state index contributed by atoms with van der Waals surface area (Å²) in [7, 11) is 0. The second kappa shape index (κ2) is 5.04. The number of ketones is 1. The largest absolute Gasteiger partial charge is 0.507 e. The molecule has 0 heterocycles. The number of carbonyl (C=O) groups is 1. The topological polar surface area (TPSA) is 37.3 Å². The molecule has 0 saturated heterocycles. The van der Waals surface area contributed by atoms with Gasteiger partial charge in [0, 0.05) is 16.9 Å². The lowest BCUT2D eigenvalue weighted by molar-refractivity contribution is 0.0891. The van der Waals surface area contributed by atoms with E-state index >= 15 is 0 Å². The first-order chi connectivity index (χ1) is 9.27. The Morgan fingerprint density at radius 1 is 0.947 bits per heavy atom. The van der Waals surface area contributed by atoms with Gasteiger partial charge < -0.3 is 5.11 Å². The molecule has 2 aromatic rings. The summed E-state index contributed by atoms with van der Waals surface area (Å²) in [5.74, 6) is 0.661. The van der Waals surface area contributed by atoms with Gasteiger partial charge in [-0.2, -0.15) is 0 Å². The number of phenolic OH excluding ortho intramolecular Hbond substituents is 1. The van der Waals surface area contributed by atoms with E-state index in [0.29, 0.717) is 0 Å². The van der Waals surface area contributed by atoms with Crippen LogP contribution in [0.5, 0.6) is 5.75 Å². The van der Waals surface area contributed by atoms with Crippen molar-refractivity contribution in [2.45, 2.75) is 32.1 Å². The SMILES string of the molecule is O=C(c1cccc2c(O)cccc12)C1CCCCC1. The van der Waals surface area contributed by atoms with Crippen molar-refractivity contribution in [3.63, 3.8) is 0 Å². The first kappa shape index (κ1) is 12.2. The Kier molecular flexibility index (Phi) is 3.24. The molecule has 0 bridgehead atoms. The molecule has 0 amide bonds. The zero-order chi connectivity index (χ0) is 13.2. The summed E-state index contributed by atoms with van der Waals surface area (Å²) in [4.78, 5) is 12.6. The highest BCUT2D eigenvalue weighted by molar-refractivity contribution is 6.10. The second-order valence-corrected chi connectivity index (χ2v) is 5.38. The van der Waals surface area contributed by atoms with Crippen LogP contribution in [0.2, 0.25) is 0 Å². The number of aromatic hydroxyl groups is 1. The maximum Gasteiger partial charge on any atom is 0.166 e. The van der Waals surface area contributed by atoms with Gasteiger partial charge in [0.1, 0.15) is 5.75 Å². The van der Waals surface area contributed by atoms with Gasteiger partial charge in [0.2, 0.25) is 0 Å². The molecule has 3 rings (SSSR count). The van der Waals surface area contributed by atoms with Crippen molar-refractivity contribution in [2.24, 2.45) is 5.92 Å². The molecule has 98 valence electrons. The summed E-state index contributed by atoms with van der Waals surface area (Å²) < 4.78 is 0. The minimum absolute atomic E-state index is 0.168. The molecule has 2 aromatic carbocycles. The van der Waals surface area contributed by atoms with Crippen LogP contribution in [0, 0.1) is 5.92 Å². The number of benzene rings is 2. The van der Waals surface area contributed by atoms with Crippen LogP contribution in [-0.4, -0.2) is 10.9 Å². The monoisotopic (exact) mass is 254 g/mol. The molecular weight excluding hydrogens is 236 g/mol. The lowest BCUT2D eigenvalue weighted by Gasteiger charge is -2.21. The molecule has 0 unspecified atom stereocenters. The van der Waals surface area contributed by atoms with Gasteiger partial charge in [0.05, 0.1) is 0 Å². The molecular formula is C17H18O2. The van der Waals surface area contributed by atoms with E-state index in [2.05, 4.69) is 0 Å². The Hall–Kier alpha value is -1.83. The number of rotatable bonds is 2. The number of Topliss-reactive ketones (excluding diaryl/α,β-unsaturated/α-hetero) is 1. The summed E-state index contributed by atoms with van der Waals surface area (Å²) in [5.41, 5.74) is 0.764. The molecule has 1 aliphatic carbocycles. The first-order valence-corrected chi connectivity index (χ1v) is 7.02. The fourth-order valence-electron chi connectivity index (χ4n) is 3.09. The van der Waals surface area contributed by atoms with E-state index in [0.717, 1.165) is 42.0 Å². The number of hydrogen-bond donors (Lipinski definition) is 1. The van der Waals surface area contributed by atoms with Gasteiger partial charge in [-0.25, -0.2) is 0 Å². The van der Waals surface area contributed by atoms with E-state index in [-0.39, 0.29) is 17.5 Å². The number of hydrogen-bond acceptors (Lipinski definition) is 2. The van der Waals surface area contributed by atoms with Gasteiger partial charge in [-0.1, -0.05) is 49.6 Å². The molecule has 0 aliphatic heterocycles. The van der Waals surface area contributed by atoms with Gasteiger partial charge in [-0.3, -0.25) is 4.79 Å². The standard InChI is InChI=1S/C17H18O2/c18-16-11-5-8-13-14(16)9-4-10-15(13)17(19)12-6-2-1-3-7-12/h4-5,8-12,18H,1-3,6-7H2. The highest BCUT2D eigenvalue weighted by Gasteiger charge is 2.23. The van der Waals surface area contributed by atoms with E-state index < -0.39 is 0 Å². The quantitative estimate of drug-likeness (QED) is 0.811. The molecule has 2 nitrogen and oxygen atoms in total. The van der Waals surface area contributed by atoms with Gasteiger partial charge in [-0.05, 0) is 24.3 Å². The minimum Gasteiger partial charge on any atom is -0.507 e. The van der Waals surface area contributed by atoms with E-state index in [1.807, 2.05) is 24.3 Å². The van der Waals surface area contributed by atoms with Crippen LogP contribution in [0.15, 0.2) is 36.4 Å². The number of phenols is 1. The highest BCUT2D eigenvalue weighted by atomic mass is 16.3. The van der Waals surface area contributed by atoms with Gasteiger partial charge in [0.15, 0.2) is 5.78 Å². The summed E-state index contributed by atoms with van der Waals surface area (Å²) in [6, 6.07) is 11.0. The Labute approximate surface area is 113 Å². The van der Waals surface area contributed by atoms with Crippen molar-refractivity contribution in [1.29, 1.82) is 0 Å². The Bertz CT molecular complexity index is 610. The average Bonchev–Trinajstić information content (AvgIpc) is 2.47. The molecule has 1 N–H and O–H groups in total. The third kappa shape index (κ3) is 2.23. The molecule has 1 saturated carbocycles. The summed E-state index contributed by atoms with van der Waals surface area (Å²) >= 11 is 0. The van der Waals surface area contributed by atoms with Crippen molar-refractivity contribution in [3.05, 3.63) is 42.0 Å². The van der Waals surface area contributed by atoms with Crippen LogP contribution in [-0.2, 0) is 0 Å². The maximum absolute atomic E-state index is 12.6. The van der Waals surface area contributed by atoms with Crippen molar-refractivity contribution in [3.8, 4) is 5.75 Å². The predicted molar refractivity (Wildman–Crippen MR) is 76.5 cm³/mol. The summed E-state index contributed by atoms with van der Waals surface area (Å²) in [5, 5.41) is 11.5. The smallest absolute Gasteiger partial charge is 0.166 e. The van der Waals surface area contributed by atoms with E-state index in [4.69, 9.17) is 0 Å². The highest BCUT2D eigenvalue weighted by Crippen LogP contribution is 2.32. The van der Waals surface area contributed by atoms with Crippen LogP contribution in [0.3, 0.4) is 0 Å². The normalized spacial score (nSPS) is 16.6. The van der Waals surface area contributed by atoms with Crippen molar-refractivity contribution in [2.75, 3.05) is 0 Å². The van der Waals surface area contributed by atoms with Gasteiger partial charge in [0.25, 0.3) is 0 Å². The van der Waals surface area contributed by atoms with Crippen molar-refractivity contribution >= 4 is 16.6 Å². The van der Waals surface area contributed by atoms with E-state index in [1.54, 1.807) is 12.1 Å². The maximum atomic E-state index is 12.6. The van der Waals surface area contributed by atoms with Crippen LogP contribution in [0.1, 0.15) is 42.5 Å². The molecule has 19 heavy (non-hydrogen) atoms. The van der Waals surface area contributed by atoms with Crippen LogP contribution < -0.4 is 0 Å². The van der Waals surface area contributed by atoms with Crippen LogP contribution in [0.25, 0.3) is 10.8 Å². The summed E-state index contributed by atoms with van der Waals surface area (Å²) in [6.07, 6.45) is 5.58. The fourth-order valence-corrected chi connectivity index (χ4v) is 3.09. The lowest BCUT2D eigenvalue weighted by Crippen LogP contribution is -2.18. The van der Waals surface area contributed by atoms with Crippen molar-refractivity contribution in [1.82, 2.24) is 0 Å². The molecule has 2 heteroatoms. The number of fused-ring (bicyclic) bond motifs is 1. The summed E-state index contributed by atoms with van der Waals surface area (Å²) in [6.45, 7) is 0. The first-order valence-electron chi connectivity index (χ1n) is 7.02. The Morgan fingerprint density at radius 2 is 1.63 bits per heavy atom. The third-order valence-electron chi connectivity index (χ3n) is 4.14. The Balaban J connectivity index is 2.04. The minimum atomic E-state index is 0.168. The zero-order valence-corrected chi connectivity index (χ0v) is 10.9. The molecule has 0 aromatic heterocycles. The molecule has 0 atom stereocenters. The lowest BCUT2D eigenvalue weighted by atomic mass is 9.83. The zero-order valence-electron chi connectivity index (χ0n) is 10.9. The second-order valence-electron chi connectivity index (χ2n) is 5.38. The predicted octanol–water partition coefficient (Wildman–Crippen LogP) is 4.31. The molecule has 0 radical (unpaired) electrons. The van der Waals surface area contributed by atoms with Crippen LogP contribution in [0.4, 0.5) is 0 Å². The molecule has 1 fully saturated rings. The van der Waals surface area contributed by atoms with E-state index in [1.165, 1.54) is 6.42 Å². The molecule has 0 spiro atoms.